The van der Waals surface area contributed by atoms with E-state index in [1.54, 1.807) is 6.92 Å². The summed E-state index contributed by atoms with van der Waals surface area (Å²) in [7, 11) is -0.855. The van der Waals surface area contributed by atoms with Crippen LogP contribution in [0.2, 0.25) is 0 Å². The molecule has 1 aromatic rings. The minimum atomic E-state index is -5.01. The number of hydrogen-bond acceptors (Lipinski definition) is 4. The average Bonchev–Trinajstić information content (AvgIpc) is 2.65. The monoisotopic (exact) mass is 346 g/mol. The summed E-state index contributed by atoms with van der Waals surface area (Å²) >= 11 is 0. The molecule has 4 nitrogen and oxygen atoms in total. The lowest BCUT2D eigenvalue weighted by Gasteiger charge is -2.32. The zero-order valence-corrected chi connectivity index (χ0v) is 14.4. The van der Waals surface area contributed by atoms with Gasteiger partial charge in [0.05, 0.1) is 17.8 Å². The highest BCUT2D eigenvalue weighted by Crippen LogP contribution is 2.40. The van der Waals surface area contributed by atoms with Gasteiger partial charge in [0.1, 0.15) is 0 Å². The van der Waals surface area contributed by atoms with Crippen LogP contribution in [0.15, 0.2) is 18.2 Å². The molecule has 1 aliphatic rings. The number of halogens is 3. The normalized spacial score (nSPS) is 22.5. The molecule has 1 fully saturated rings. The van der Waals surface area contributed by atoms with E-state index in [1.807, 2.05) is 27.7 Å². The van der Waals surface area contributed by atoms with Crippen LogP contribution in [0.1, 0.15) is 38.8 Å². The van der Waals surface area contributed by atoms with Crippen LogP contribution in [0.3, 0.4) is 0 Å². The fourth-order valence-electron chi connectivity index (χ4n) is 2.47. The van der Waals surface area contributed by atoms with Crippen molar-refractivity contribution in [3.63, 3.8) is 0 Å². The number of rotatable bonds is 3. The van der Waals surface area contributed by atoms with Crippen molar-refractivity contribution in [2.75, 3.05) is 6.61 Å². The van der Waals surface area contributed by atoms with E-state index in [0.717, 1.165) is 6.07 Å². The summed E-state index contributed by atoms with van der Waals surface area (Å²) in [5.41, 5.74) is -4.01. The molecule has 1 aliphatic heterocycles. The zero-order valence-electron chi connectivity index (χ0n) is 14.4. The number of benzene rings is 1. The van der Waals surface area contributed by atoms with E-state index >= 15 is 0 Å². The van der Waals surface area contributed by atoms with Crippen LogP contribution >= 0.6 is 0 Å². The Morgan fingerprint density at radius 3 is 2.00 bits per heavy atom. The molecule has 2 N–H and O–H groups in total. The van der Waals surface area contributed by atoms with E-state index in [0.29, 0.717) is 11.0 Å². The molecule has 0 spiro atoms. The number of aliphatic hydroxyl groups is 2. The first-order chi connectivity index (χ1) is 10.7. The summed E-state index contributed by atoms with van der Waals surface area (Å²) in [6.45, 7) is 7.61. The van der Waals surface area contributed by atoms with E-state index in [4.69, 9.17) is 14.4 Å². The van der Waals surface area contributed by atoms with Crippen molar-refractivity contribution in [2.45, 2.75) is 57.6 Å². The second-order valence-electron chi connectivity index (χ2n) is 7.18. The van der Waals surface area contributed by atoms with E-state index < -0.39 is 42.3 Å². The zero-order chi connectivity index (χ0) is 18.6. The van der Waals surface area contributed by atoms with Crippen LogP contribution in [0.4, 0.5) is 13.2 Å². The van der Waals surface area contributed by atoms with Gasteiger partial charge in [-0.3, -0.25) is 0 Å². The standard InChI is InChI=1S/C16H22BF3O4/c1-10-6-7-11(15(22,9-21)16(18,19)20)8-12(10)17-23-13(2,3)14(4,5)24-17/h6-8,21-22H,9H2,1-5H3. The fraction of sp³-hybridized carbons (Fsp3) is 0.625. The molecule has 24 heavy (non-hydrogen) atoms. The number of aryl methyl sites for hydroxylation is 1. The van der Waals surface area contributed by atoms with Gasteiger partial charge < -0.3 is 19.5 Å². The van der Waals surface area contributed by atoms with Crippen molar-refractivity contribution >= 4 is 12.6 Å². The molecule has 1 heterocycles. The number of aliphatic hydroxyl groups excluding tert-OH is 1. The van der Waals surface area contributed by atoms with Crippen LogP contribution in [-0.4, -0.2) is 41.3 Å². The van der Waals surface area contributed by atoms with E-state index in [2.05, 4.69) is 0 Å². The van der Waals surface area contributed by atoms with Crippen LogP contribution in [-0.2, 0) is 14.9 Å². The van der Waals surface area contributed by atoms with Crippen molar-refractivity contribution < 1.29 is 32.7 Å². The molecular formula is C16H22BF3O4. The fourth-order valence-corrected chi connectivity index (χ4v) is 2.47. The van der Waals surface area contributed by atoms with Crippen LogP contribution < -0.4 is 5.46 Å². The summed E-state index contributed by atoms with van der Waals surface area (Å²) in [6, 6.07) is 3.77. The predicted molar refractivity (Wildman–Crippen MR) is 83.9 cm³/mol. The molecule has 0 bridgehead atoms. The molecule has 0 aromatic heterocycles. The van der Waals surface area contributed by atoms with Crippen molar-refractivity contribution in [3.8, 4) is 0 Å². The van der Waals surface area contributed by atoms with Gasteiger partial charge in [-0.1, -0.05) is 23.8 Å². The average molecular weight is 346 g/mol. The molecule has 1 saturated heterocycles. The smallest absolute Gasteiger partial charge is 0.399 e. The summed E-state index contributed by atoms with van der Waals surface area (Å²) < 4.78 is 51.3. The lowest BCUT2D eigenvalue weighted by molar-refractivity contribution is -0.277. The van der Waals surface area contributed by atoms with Gasteiger partial charge in [0.2, 0.25) is 5.60 Å². The molecule has 0 aliphatic carbocycles. The molecule has 134 valence electrons. The van der Waals surface area contributed by atoms with Crippen molar-refractivity contribution in [1.29, 1.82) is 0 Å². The Labute approximate surface area is 139 Å². The Balaban J connectivity index is 2.48. The molecule has 1 unspecified atom stereocenters. The topological polar surface area (TPSA) is 58.9 Å². The number of hydrogen-bond donors (Lipinski definition) is 2. The molecule has 0 amide bonds. The number of alkyl halides is 3. The minimum absolute atomic E-state index is 0.391. The first-order valence-corrected chi connectivity index (χ1v) is 7.62. The van der Waals surface area contributed by atoms with Crippen molar-refractivity contribution in [3.05, 3.63) is 29.3 Å². The predicted octanol–water partition coefficient (Wildman–Crippen LogP) is 2.04. The van der Waals surface area contributed by atoms with Crippen LogP contribution in [0.5, 0.6) is 0 Å². The van der Waals surface area contributed by atoms with E-state index in [9.17, 15) is 18.3 Å². The lowest BCUT2D eigenvalue weighted by atomic mass is 9.74. The summed E-state index contributed by atoms with van der Waals surface area (Å²) in [4.78, 5) is 0. The Bertz CT molecular complexity index is 614. The maximum Gasteiger partial charge on any atom is 0.495 e. The lowest BCUT2D eigenvalue weighted by Crippen LogP contribution is -2.47. The van der Waals surface area contributed by atoms with Crippen LogP contribution in [0, 0.1) is 6.92 Å². The highest BCUT2D eigenvalue weighted by Gasteiger charge is 2.56. The minimum Gasteiger partial charge on any atom is -0.399 e. The van der Waals surface area contributed by atoms with E-state index in [1.165, 1.54) is 12.1 Å². The highest BCUT2D eigenvalue weighted by molar-refractivity contribution is 6.62. The molecule has 1 atom stereocenters. The molecule has 0 radical (unpaired) electrons. The molecule has 1 aromatic carbocycles. The first-order valence-electron chi connectivity index (χ1n) is 7.62. The van der Waals surface area contributed by atoms with Gasteiger partial charge in [0, 0.05) is 0 Å². The first kappa shape index (κ1) is 19.2. The van der Waals surface area contributed by atoms with Gasteiger partial charge in [-0.15, -0.1) is 0 Å². The SMILES string of the molecule is Cc1ccc(C(O)(CO)C(F)(F)F)cc1B1OC(C)(C)C(C)(C)O1. The van der Waals surface area contributed by atoms with Crippen molar-refractivity contribution in [2.24, 2.45) is 0 Å². The maximum atomic E-state index is 13.2. The highest BCUT2D eigenvalue weighted by atomic mass is 19.4. The Morgan fingerprint density at radius 1 is 1.08 bits per heavy atom. The summed E-state index contributed by atoms with van der Waals surface area (Å²) in [5.74, 6) is 0. The molecular weight excluding hydrogens is 324 g/mol. The van der Waals surface area contributed by atoms with Gasteiger partial charge in [-0.25, -0.2) is 0 Å². The largest absolute Gasteiger partial charge is 0.495 e. The molecule has 0 saturated carbocycles. The quantitative estimate of drug-likeness (QED) is 0.823. The molecule has 8 heteroatoms. The van der Waals surface area contributed by atoms with E-state index in [-0.39, 0.29) is 0 Å². The van der Waals surface area contributed by atoms with Crippen LogP contribution in [0.25, 0.3) is 0 Å². The van der Waals surface area contributed by atoms with Gasteiger partial charge in [0.15, 0.2) is 0 Å². The Hall–Kier alpha value is -1.09. The second kappa shape index (κ2) is 5.73. The Kier molecular flexibility index (Phi) is 4.59. The van der Waals surface area contributed by atoms with Crippen molar-refractivity contribution in [1.82, 2.24) is 0 Å². The molecule has 2 rings (SSSR count). The summed E-state index contributed by atoms with van der Waals surface area (Å²) in [5, 5.41) is 19.1. The maximum absolute atomic E-state index is 13.2. The van der Waals surface area contributed by atoms with Gasteiger partial charge in [0.25, 0.3) is 0 Å². The van der Waals surface area contributed by atoms with Gasteiger partial charge in [-0.05, 0) is 45.6 Å². The second-order valence-corrected chi connectivity index (χ2v) is 7.18. The third-order valence-electron chi connectivity index (χ3n) is 4.96. The summed E-state index contributed by atoms with van der Waals surface area (Å²) in [6.07, 6.45) is -5.01. The van der Waals surface area contributed by atoms with Gasteiger partial charge in [-0.2, -0.15) is 13.2 Å². The third kappa shape index (κ3) is 2.96. The Morgan fingerprint density at radius 2 is 1.58 bits per heavy atom. The van der Waals surface area contributed by atoms with Gasteiger partial charge >= 0.3 is 13.3 Å². The third-order valence-corrected chi connectivity index (χ3v) is 4.96.